The van der Waals surface area contributed by atoms with E-state index in [0.29, 0.717) is 26.1 Å². The number of carbonyl (C=O) groups excluding carboxylic acids is 2. The van der Waals surface area contributed by atoms with Gasteiger partial charge in [0.2, 0.25) is 11.8 Å². The molecule has 0 unspecified atom stereocenters. The van der Waals surface area contributed by atoms with Gasteiger partial charge in [-0.3, -0.25) is 19.5 Å². The van der Waals surface area contributed by atoms with Gasteiger partial charge in [0.1, 0.15) is 0 Å². The fourth-order valence-corrected chi connectivity index (χ4v) is 4.46. The average Bonchev–Trinajstić information content (AvgIpc) is 2.80. The first kappa shape index (κ1) is 20.5. The number of nitrogens with zero attached hydrogens (tertiary/aromatic N) is 4. The van der Waals surface area contributed by atoms with Crippen molar-refractivity contribution in [3.8, 4) is 0 Å². The van der Waals surface area contributed by atoms with Crippen LogP contribution in [0.15, 0.2) is 54.9 Å². The molecule has 6 nitrogen and oxygen atoms in total. The molecule has 0 aliphatic carbocycles. The Morgan fingerprint density at radius 1 is 0.933 bits per heavy atom. The van der Waals surface area contributed by atoms with Gasteiger partial charge in [0.15, 0.2) is 0 Å². The molecule has 1 atom stereocenters. The van der Waals surface area contributed by atoms with Crippen LogP contribution in [-0.2, 0) is 22.6 Å². The van der Waals surface area contributed by atoms with Crippen LogP contribution in [0.2, 0.25) is 0 Å². The maximum absolute atomic E-state index is 13.1. The molecule has 2 saturated heterocycles. The van der Waals surface area contributed by atoms with E-state index in [9.17, 15) is 9.59 Å². The molecule has 6 heteroatoms. The number of pyridine rings is 1. The molecule has 2 aliphatic heterocycles. The summed E-state index contributed by atoms with van der Waals surface area (Å²) in [6.07, 6.45) is 6.75. The van der Waals surface area contributed by atoms with Crippen LogP contribution in [0.5, 0.6) is 0 Å². The summed E-state index contributed by atoms with van der Waals surface area (Å²) >= 11 is 0. The number of rotatable bonds is 6. The summed E-state index contributed by atoms with van der Waals surface area (Å²) in [6.45, 7) is 4.48. The molecule has 0 radical (unpaired) electrons. The molecule has 30 heavy (non-hydrogen) atoms. The summed E-state index contributed by atoms with van der Waals surface area (Å²) in [7, 11) is 0. The fourth-order valence-electron chi connectivity index (χ4n) is 4.46. The molecule has 2 aromatic rings. The molecule has 0 spiro atoms. The quantitative estimate of drug-likeness (QED) is 0.739. The topological polar surface area (TPSA) is 56.8 Å². The highest BCUT2D eigenvalue weighted by molar-refractivity contribution is 5.82. The van der Waals surface area contributed by atoms with Crippen LogP contribution in [0.4, 0.5) is 0 Å². The van der Waals surface area contributed by atoms with Crippen LogP contribution in [0, 0.1) is 0 Å². The van der Waals surface area contributed by atoms with Crippen molar-refractivity contribution in [2.24, 2.45) is 0 Å². The number of carbonyl (C=O) groups is 2. The third-order valence-electron chi connectivity index (χ3n) is 6.20. The van der Waals surface area contributed by atoms with Crippen LogP contribution in [0.3, 0.4) is 0 Å². The Morgan fingerprint density at radius 2 is 1.67 bits per heavy atom. The Balaban J connectivity index is 1.27. The second kappa shape index (κ2) is 9.85. The maximum atomic E-state index is 13.1. The van der Waals surface area contributed by atoms with Crippen molar-refractivity contribution in [1.29, 1.82) is 0 Å². The molecular weight excluding hydrogens is 376 g/mol. The van der Waals surface area contributed by atoms with E-state index in [2.05, 4.69) is 22.0 Å². The van der Waals surface area contributed by atoms with E-state index in [-0.39, 0.29) is 17.9 Å². The van der Waals surface area contributed by atoms with Crippen LogP contribution in [0.25, 0.3) is 0 Å². The van der Waals surface area contributed by atoms with Crippen LogP contribution < -0.4 is 0 Å². The summed E-state index contributed by atoms with van der Waals surface area (Å²) in [4.78, 5) is 35.9. The highest BCUT2D eigenvalue weighted by Gasteiger charge is 2.35. The first-order valence-corrected chi connectivity index (χ1v) is 10.9. The van der Waals surface area contributed by atoms with Gasteiger partial charge in [0, 0.05) is 58.1 Å². The Kier molecular flexibility index (Phi) is 6.74. The molecule has 4 rings (SSSR count). The summed E-state index contributed by atoms with van der Waals surface area (Å²) in [6, 6.07) is 14.1. The smallest absolute Gasteiger partial charge is 0.240 e. The van der Waals surface area contributed by atoms with Gasteiger partial charge in [-0.1, -0.05) is 30.3 Å². The Morgan fingerprint density at radius 3 is 2.40 bits per heavy atom. The third kappa shape index (κ3) is 5.05. The van der Waals surface area contributed by atoms with Gasteiger partial charge < -0.3 is 9.80 Å². The highest BCUT2D eigenvalue weighted by Crippen LogP contribution is 2.21. The van der Waals surface area contributed by atoms with Gasteiger partial charge in [0.05, 0.1) is 6.04 Å². The number of hydrogen-bond acceptors (Lipinski definition) is 4. The van der Waals surface area contributed by atoms with Gasteiger partial charge in [-0.2, -0.15) is 0 Å². The third-order valence-corrected chi connectivity index (χ3v) is 6.20. The summed E-state index contributed by atoms with van der Waals surface area (Å²) in [5.74, 6) is 0.440. The van der Waals surface area contributed by atoms with E-state index < -0.39 is 0 Å². The molecule has 0 bridgehead atoms. The lowest BCUT2D eigenvalue weighted by Gasteiger charge is -2.42. The first-order valence-electron chi connectivity index (χ1n) is 10.9. The van der Waals surface area contributed by atoms with E-state index >= 15 is 0 Å². The van der Waals surface area contributed by atoms with Gasteiger partial charge >= 0.3 is 0 Å². The number of piperazine rings is 1. The summed E-state index contributed by atoms with van der Waals surface area (Å²) in [5, 5.41) is 0. The molecule has 2 aliphatic rings. The SMILES string of the molecule is O=C(CCc1ccncc1)N1CCN([C@@H]2CCCN(Cc3ccccc3)C2=O)CC1. The minimum Gasteiger partial charge on any atom is -0.340 e. The van der Waals surface area contributed by atoms with Crippen molar-refractivity contribution in [2.45, 2.75) is 38.3 Å². The fraction of sp³-hybridized carbons (Fsp3) is 0.458. The number of hydrogen-bond donors (Lipinski definition) is 0. The second-order valence-corrected chi connectivity index (χ2v) is 8.18. The zero-order valence-electron chi connectivity index (χ0n) is 17.4. The number of aryl methyl sites for hydroxylation is 1. The standard InChI is InChI=1S/C24H30N4O2/c29-23(9-8-20-10-12-25-13-11-20)27-17-15-26(16-18-27)22-7-4-14-28(24(22)30)19-21-5-2-1-3-6-21/h1-3,5-6,10-13,22H,4,7-9,14-19H2/t22-/m1/s1. The minimum atomic E-state index is -0.0449. The zero-order chi connectivity index (χ0) is 20.8. The molecule has 1 aromatic carbocycles. The largest absolute Gasteiger partial charge is 0.340 e. The molecule has 2 fully saturated rings. The Hall–Kier alpha value is -2.73. The highest BCUT2D eigenvalue weighted by atomic mass is 16.2. The second-order valence-electron chi connectivity index (χ2n) is 8.18. The minimum absolute atomic E-state index is 0.0449. The Labute approximate surface area is 178 Å². The first-order chi connectivity index (χ1) is 14.7. The monoisotopic (exact) mass is 406 g/mol. The van der Waals surface area contributed by atoms with E-state index in [0.717, 1.165) is 44.5 Å². The van der Waals surface area contributed by atoms with Gasteiger partial charge in [0.25, 0.3) is 0 Å². The van der Waals surface area contributed by atoms with Crippen LogP contribution in [0.1, 0.15) is 30.4 Å². The van der Waals surface area contributed by atoms with E-state index in [1.54, 1.807) is 12.4 Å². The number of amides is 2. The molecule has 158 valence electrons. The lowest BCUT2D eigenvalue weighted by Crippen LogP contribution is -2.58. The molecular formula is C24H30N4O2. The normalized spacial score (nSPS) is 20.4. The van der Waals surface area contributed by atoms with Crippen molar-refractivity contribution in [3.63, 3.8) is 0 Å². The van der Waals surface area contributed by atoms with Crippen molar-refractivity contribution >= 4 is 11.8 Å². The number of piperidine rings is 1. The molecule has 0 N–H and O–H groups in total. The van der Waals surface area contributed by atoms with E-state index in [1.165, 1.54) is 5.56 Å². The number of likely N-dealkylation sites (tertiary alicyclic amines) is 1. The number of benzene rings is 1. The van der Waals surface area contributed by atoms with E-state index in [4.69, 9.17) is 0 Å². The lowest BCUT2D eigenvalue weighted by atomic mass is 10.0. The molecule has 2 amide bonds. The zero-order valence-corrected chi connectivity index (χ0v) is 17.4. The maximum Gasteiger partial charge on any atom is 0.240 e. The van der Waals surface area contributed by atoms with E-state index in [1.807, 2.05) is 40.1 Å². The van der Waals surface area contributed by atoms with Crippen molar-refractivity contribution in [1.82, 2.24) is 19.7 Å². The van der Waals surface area contributed by atoms with Crippen molar-refractivity contribution < 1.29 is 9.59 Å². The number of aromatic nitrogens is 1. The predicted octanol–water partition coefficient (Wildman–Crippen LogP) is 2.35. The van der Waals surface area contributed by atoms with Gasteiger partial charge in [-0.05, 0) is 42.5 Å². The summed E-state index contributed by atoms with van der Waals surface area (Å²) < 4.78 is 0. The molecule has 1 aromatic heterocycles. The van der Waals surface area contributed by atoms with Crippen LogP contribution >= 0.6 is 0 Å². The van der Waals surface area contributed by atoms with Crippen LogP contribution in [-0.4, -0.2) is 70.3 Å². The lowest BCUT2D eigenvalue weighted by molar-refractivity contribution is -0.143. The average molecular weight is 407 g/mol. The Bertz CT molecular complexity index is 835. The molecule has 3 heterocycles. The molecule has 0 saturated carbocycles. The predicted molar refractivity (Wildman–Crippen MR) is 116 cm³/mol. The van der Waals surface area contributed by atoms with Crippen molar-refractivity contribution in [3.05, 3.63) is 66.0 Å². The van der Waals surface area contributed by atoms with Gasteiger partial charge in [-0.15, -0.1) is 0 Å². The summed E-state index contributed by atoms with van der Waals surface area (Å²) in [5.41, 5.74) is 2.32. The van der Waals surface area contributed by atoms with Crippen molar-refractivity contribution in [2.75, 3.05) is 32.7 Å². The van der Waals surface area contributed by atoms with Gasteiger partial charge in [-0.25, -0.2) is 0 Å².